The van der Waals surface area contributed by atoms with Gasteiger partial charge in [0.15, 0.2) is 0 Å². The predicted molar refractivity (Wildman–Crippen MR) is 71.8 cm³/mol. The van der Waals surface area contributed by atoms with E-state index < -0.39 is 10.7 Å². The van der Waals surface area contributed by atoms with Crippen LogP contribution in [0, 0.1) is 15.9 Å². The fourth-order valence-electron chi connectivity index (χ4n) is 2.74. The highest BCUT2D eigenvalue weighted by molar-refractivity contribution is 5.76. The van der Waals surface area contributed by atoms with Crippen LogP contribution in [0.5, 0.6) is 0 Å². The highest BCUT2D eigenvalue weighted by atomic mass is 19.1. The van der Waals surface area contributed by atoms with Gasteiger partial charge in [-0.25, -0.2) is 4.39 Å². The Hall–Kier alpha value is -1.82. The summed E-state index contributed by atoms with van der Waals surface area (Å²) in [6, 6.07) is 3.61. The molecule has 1 aromatic rings. The second-order valence-corrected chi connectivity index (χ2v) is 5.20. The van der Waals surface area contributed by atoms with Crippen molar-refractivity contribution in [3.8, 4) is 0 Å². The molecule has 0 radical (unpaired) electrons. The first-order chi connectivity index (χ1) is 9.47. The van der Waals surface area contributed by atoms with Crippen LogP contribution in [-0.2, 0) is 11.3 Å². The van der Waals surface area contributed by atoms with E-state index in [1.165, 1.54) is 12.1 Å². The Bertz CT molecular complexity index is 533. The number of Topliss-reactive ketones (excluding diaryl/α,β-unsaturated/α-hetero) is 1. The van der Waals surface area contributed by atoms with Crippen molar-refractivity contribution < 1.29 is 14.1 Å². The molecule has 0 aliphatic carbocycles. The Kier molecular flexibility index (Phi) is 4.44. The van der Waals surface area contributed by atoms with Gasteiger partial charge in [0.1, 0.15) is 11.6 Å². The molecular formula is C14H17FN2O3. The van der Waals surface area contributed by atoms with Gasteiger partial charge in [0.2, 0.25) is 0 Å². The number of rotatable bonds is 5. The Balaban J connectivity index is 2.18. The van der Waals surface area contributed by atoms with Crippen molar-refractivity contribution in [1.29, 1.82) is 0 Å². The number of carbonyl (C=O) groups is 1. The number of nitro benzene ring substituents is 1. The molecule has 0 amide bonds. The summed E-state index contributed by atoms with van der Waals surface area (Å²) < 4.78 is 13.3. The first-order valence-corrected chi connectivity index (χ1v) is 6.63. The van der Waals surface area contributed by atoms with Crippen LogP contribution >= 0.6 is 0 Å². The minimum atomic E-state index is -0.495. The Morgan fingerprint density at radius 1 is 1.55 bits per heavy atom. The van der Waals surface area contributed by atoms with Crippen molar-refractivity contribution in [3.63, 3.8) is 0 Å². The number of likely N-dealkylation sites (tertiary alicyclic amines) is 1. The average Bonchev–Trinajstić information content (AvgIpc) is 2.75. The van der Waals surface area contributed by atoms with Gasteiger partial charge >= 0.3 is 0 Å². The Morgan fingerprint density at radius 2 is 2.30 bits per heavy atom. The van der Waals surface area contributed by atoms with Gasteiger partial charge in [-0.15, -0.1) is 0 Å². The largest absolute Gasteiger partial charge is 0.300 e. The molecule has 108 valence electrons. The molecule has 0 N–H and O–H groups in total. The van der Waals surface area contributed by atoms with Crippen LogP contribution in [0.4, 0.5) is 10.1 Å². The van der Waals surface area contributed by atoms with Crippen LogP contribution < -0.4 is 0 Å². The number of ketones is 1. The normalized spacial score (nSPS) is 19.2. The topological polar surface area (TPSA) is 63.5 Å². The van der Waals surface area contributed by atoms with Crippen LogP contribution in [0.1, 0.15) is 31.7 Å². The van der Waals surface area contributed by atoms with Gasteiger partial charge in [0, 0.05) is 30.6 Å². The second-order valence-electron chi connectivity index (χ2n) is 5.20. The van der Waals surface area contributed by atoms with Crippen molar-refractivity contribution in [1.82, 2.24) is 4.90 Å². The van der Waals surface area contributed by atoms with Gasteiger partial charge in [-0.2, -0.15) is 0 Å². The SMILES string of the molecule is CC(=O)CC1CCCN1Cc1cc(F)ccc1[N+](=O)[O-]. The van der Waals surface area contributed by atoms with E-state index in [4.69, 9.17) is 0 Å². The first kappa shape index (κ1) is 14.6. The summed E-state index contributed by atoms with van der Waals surface area (Å²) in [4.78, 5) is 23.7. The summed E-state index contributed by atoms with van der Waals surface area (Å²) in [6.07, 6.45) is 2.31. The maximum atomic E-state index is 13.3. The zero-order valence-electron chi connectivity index (χ0n) is 11.3. The molecule has 1 aliphatic rings. The number of halogens is 1. The minimum absolute atomic E-state index is 0.0696. The molecule has 2 rings (SSSR count). The molecule has 5 nitrogen and oxygen atoms in total. The van der Waals surface area contributed by atoms with E-state index in [2.05, 4.69) is 0 Å². The van der Waals surface area contributed by atoms with Crippen LogP contribution in [0.25, 0.3) is 0 Å². The van der Waals surface area contributed by atoms with Crippen molar-refractivity contribution >= 4 is 11.5 Å². The number of hydrogen-bond donors (Lipinski definition) is 0. The van der Waals surface area contributed by atoms with Crippen LogP contribution in [0.2, 0.25) is 0 Å². The van der Waals surface area contributed by atoms with E-state index >= 15 is 0 Å². The van der Waals surface area contributed by atoms with E-state index in [1.54, 1.807) is 6.92 Å². The molecule has 0 spiro atoms. The Morgan fingerprint density at radius 3 is 2.95 bits per heavy atom. The summed E-state index contributed by atoms with van der Waals surface area (Å²) in [5, 5.41) is 11.0. The lowest BCUT2D eigenvalue weighted by Gasteiger charge is -2.23. The van der Waals surface area contributed by atoms with E-state index in [0.717, 1.165) is 25.5 Å². The second kappa shape index (κ2) is 6.09. The lowest BCUT2D eigenvalue weighted by molar-refractivity contribution is -0.385. The fourth-order valence-corrected chi connectivity index (χ4v) is 2.74. The molecule has 0 saturated carbocycles. The molecule has 6 heteroatoms. The zero-order valence-corrected chi connectivity index (χ0v) is 11.3. The monoisotopic (exact) mass is 280 g/mol. The number of carbonyl (C=O) groups excluding carboxylic acids is 1. The summed E-state index contributed by atoms with van der Waals surface area (Å²) in [6.45, 7) is 2.64. The summed E-state index contributed by atoms with van der Waals surface area (Å²) in [5.41, 5.74) is 0.297. The standard InChI is InChI=1S/C14H17FN2O3/c1-10(18)7-13-3-2-6-16(13)9-11-8-12(15)4-5-14(11)17(19)20/h4-5,8,13H,2-3,6-7,9H2,1H3. The van der Waals surface area contributed by atoms with E-state index in [9.17, 15) is 19.3 Å². The van der Waals surface area contributed by atoms with Crippen molar-refractivity contribution in [2.24, 2.45) is 0 Å². The van der Waals surface area contributed by atoms with Crippen molar-refractivity contribution in [3.05, 3.63) is 39.7 Å². The third-order valence-corrected chi connectivity index (χ3v) is 3.63. The lowest BCUT2D eigenvalue weighted by atomic mass is 10.1. The summed E-state index contributed by atoms with van der Waals surface area (Å²) in [7, 11) is 0. The molecule has 0 aromatic heterocycles. The maximum absolute atomic E-state index is 13.3. The van der Waals surface area contributed by atoms with Gasteiger partial charge < -0.3 is 0 Å². The molecule has 1 unspecified atom stereocenters. The first-order valence-electron chi connectivity index (χ1n) is 6.63. The highest BCUT2D eigenvalue weighted by Gasteiger charge is 2.27. The van der Waals surface area contributed by atoms with E-state index in [-0.39, 0.29) is 17.5 Å². The van der Waals surface area contributed by atoms with Gasteiger partial charge in [0.05, 0.1) is 4.92 Å². The van der Waals surface area contributed by atoms with Crippen LogP contribution in [0.15, 0.2) is 18.2 Å². The molecule has 20 heavy (non-hydrogen) atoms. The highest BCUT2D eigenvalue weighted by Crippen LogP contribution is 2.27. The number of hydrogen-bond acceptors (Lipinski definition) is 4. The van der Waals surface area contributed by atoms with Crippen molar-refractivity contribution in [2.45, 2.75) is 38.8 Å². The third kappa shape index (κ3) is 3.39. The average molecular weight is 280 g/mol. The molecule has 1 saturated heterocycles. The van der Waals surface area contributed by atoms with Gasteiger partial charge in [-0.1, -0.05) is 0 Å². The molecular weight excluding hydrogens is 263 g/mol. The molecule has 0 bridgehead atoms. The maximum Gasteiger partial charge on any atom is 0.274 e. The lowest BCUT2D eigenvalue weighted by Crippen LogP contribution is -2.30. The van der Waals surface area contributed by atoms with Crippen LogP contribution in [0.3, 0.4) is 0 Å². The van der Waals surface area contributed by atoms with Gasteiger partial charge in [-0.05, 0) is 38.4 Å². The number of nitro groups is 1. The van der Waals surface area contributed by atoms with Gasteiger partial charge in [-0.3, -0.25) is 19.8 Å². The number of benzene rings is 1. The molecule has 1 aromatic carbocycles. The predicted octanol–water partition coefficient (Wildman–Crippen LogP) is 2.68. The molecule has 1 atom stereocenters. The van der Waals surface area contributed by atoms with Gasteiger partial charge in [0.25, 0.3) is 5.69 Å². The molecule has 1 aliphatic heterocycles. The third-order valence-electron chi connectivity index (χ3n) is 3.63. The molecule has 1 heterocycles. The smallest absolute Gasteiger partial charge is 0.274 e. The minimum Gasteiger partial charge on any atom is -0.300 e. The summed E-state index contributed by atoms with van der Waals surface area (Å²) >= 11 is 0. The van der Waals surface area contributed by atoms with E-state index in [0.29, 0.717) is 18.5 Å². The van der Waals surface area contributed by atoms with Crippen molar-refractivity contribution in [2.75, 3.05) is 6.54 Å². The zero-order chi connectivity index (χ0) is 14.7. The summed E-state index contributed by atoms with van der Waals surface area (Å²) in [5.74, 6) is -0.372. The fraction of sp³-hybridized carbons (Fsp3) is 0.500. The quantitative estimate of drug-likeness (QED) is 0.614. The van der Waals surface area contributed by atoms with E-state index in [1.807, 2.05) is 4.90 Å². The molecule has 1 fully saturated rings. The Labute approximate surface area is 116 Å². The van der Waals surface area contributed by atoms with Crippen LogP contribution in [-0.4, -0.2) is 28.2 Å². The number of nitrogens with zero attached hydrogens (tertiary/aromatic N) is 2.